The zero-order valence-electron chi connectivity index (χ0n) is 10.8. The predicted octanol–water partition coefficient (Wildman–Crippen LogP) is 0.707. The Balaban J connectivity index is 2.28. The summed E-state index contributed by atoms with van der Waals surface area (Å²) in [6.07, 6.45) is 2.29. The van der Waals surface area contributed by atoms with Crippen molar-refractivity contribution in [2.45, 2.75) is 25.7 Å². The maximum Gasteiger partial charge on any atom is 0.236 e. The molecule has 1 aromatic rings. The van der Waals surface area contributed by atoms with E-state index in [0.717, 1.165) is 30.3 Å². The summed E-state index contributed by atoms with van der Waals surface area (Å²) in [5, 5.41) is 3.03. The Morgan fingerprint density at radius 2 is 2.28 bits per heavy atom. The molecular weight excluding hydrogens is 230 g/mol. The molecule has 0 atom stereocenters. The number of hydrogen-bond donors (Lipinski definition) is 2. The van der Waals surface area contributed by atoms with Gasteiger partial charge in [-0.3, -0.25) is 4.79 Å². The lowest BCUT2D eigenvalue weighted by atomic mass is 10.3. The molecule has 1 fully saturated rings. The first-order chi connectivity index (χ1) is 8.63. The summed E-state index contributed by atoms with van der Waals surface area (Å²) in [7, 11) is 1.83. The number of carbonyl (C=O) groups is 1. The molecule has 0 aliphatic heterocycles. The van der Waals surface area contributed by atoms with Gasteiger partial charge in [0.25, 0.3) is 0 Å². The molecule has 1 saturated carbocycles. The number of likely N-dealkylation sites (N-methyl/N-ethyl adjacent to an activating group) is 1. The molecule has 2 rings (SSSR count). The van der Waals surface area contributed by atoms with Crippen LogP contribution in [-0.4, -0.2) is 36.0 Å². The van der Waals surface area contributed by atoms with Crippen LogP contribution in [0.2, 0.25) is 0 Å². The van der Waals surface area contributed by atoms with Gasteiger partial charge in [0.1, 0.15) is 17.5 Å². The van der Waals surface area contributed by atoms with E-state index in [1.807, 2.05) is 24.9 Å². The summed E-state index contributed by atoms with van der Waals surface area (Å²) in [6, 6.07) is 1.85. The van der Waals surface area contributed by atoms with Crippen LogP contribution in [0.1, 0.15) is 31.5 Å². The molecule has 0 radical (unpaired) electrons. The van der Waals surface area contributed by atoms with Crippen LogP contribution < -0.4 is 16.0 Å². The molecule has 3 N–H and O–H groups in total. The largest absolute Gasteiger partial charge is 0.373 e. The average molecular weight is 249 g/mol. The number of nitrogens with zero attached hydrogens (tertiary/aromatic N) is 3. The highest BCUT2D eigenvalue weighted by Crippen LogP contribution is 2.39. The van der Waals surface area contributed by atoms with Crippen LogP contribution in [0.25, 0.3) is 0 Å². The lowest BCUT2D eigenvalue weighted by molar-refractivity contribution is -0.116. The molecule has 18 heavy (non-hydrogen) atoms. The minimum Gasteiger partial charge on any atom is -0.373 e. The van der Waals surface area contributed by atoms with Crippen LogP contribution in [0.5, 0.6) is 0 Å². The number of hydrogen-bond acceptors (Lipinski definition) is 5. The number of nitrogens with one attached hydrogen (secondary N) is 1. The Morgan fingerprint density at radius 1 is 1.56 bits per heavy atom. The molecule has 1 aromatic heterocycles. The van der Waals surface area contributed by atoms with Crippen LogP contribution in [0.3, 0.4) is 0 Å². The summed E-state index contributed by atoms with van der Waals surface area (Å²) in [5.41, 5.74) is 5.25. The zero-order chi connectivity index (χ0) is 13.1. The molecule has 0 unspecified atom stereocenters. The SMILES string of the molecule is CCN(CC(N)=O)c1cc(NC)nc(C2CC2)n1. The summed E-state index contributed by atoms with van der Waals surface area (Å²) >= 11 is 0. The third kappa shape index (κ3) is 2.88. The van der Waals surface area contributed by atoms with Crippen molar-refractivity contribution < 1.29 is 4.79 Å². The third-order valence-corrected chi connectivity index (χ3v) is 2.98. The number of nitrogens with two attached hydrogens (primary N) is 1. The van der Waals surface area contributed by atoms with Gasteiger partial charge in [-0.05, 0) is 19.8 Å². The van der Waals surface area contributed by atoms with Gasteiger partial charge >= 0.3 is 0 Å². The number of rotatable bonds is 6. The Hall–Kier alpha value is -1.85. The highest BCUT2D eigenvalue weighted by Gasteiger charge is 2.27. The Labute approximate surface area is 107 Å². The summed E-state index contributed by atoms with van der Waals surface area (Å²) < 4.78 is 0. The van der Waals surface area contributed by atoms with E-state index in [4.69, 9.17) is 5.73 Å². The first kappa shape index (κ1) is 12.6. The summed E-state index contributed by atoms with van der Waals surface area (Å²) in [6.45, 7) is 2.84. The van der Waals surface area contributed by atoms with E-state index in [1.165, 1.54) is 0 Å². The van der Waals surface area contributed by atoms with Crippen LogP contribution in [0, 0.1) is 0 Å². The second-order valence-electron chi connectivity index (χ2n) is 4.47. The topological polar surface area (TPSA) is 84.1 Å². The number of aromatic nitrogens is 2. The van der Waals surface area contributed by atoms with Gasteiger partial charge in [-0.2, -0.15) is 0 Å². The van der Waals surface area contributed by atoms with E-state index >= 15 is 0 Å². The smallest absolute Gasteiger partial charge is 0.236 e. The minimum absolute atomic E-state index is 0.181. The molecule has 6 heteroatoms. The molecule has 1 aliphatic carbocycles. The predicted molar refractivity (Wildman–Crippen MR) is 70.6 cm³/mol. The average Bonchev–Trinajstić information content (AvgIpc) is 3.19. The van der Waals surface area contributed by atoms with Gasteiger partial charge in [-0.15, -0.1) is 0 Å². The third-order valence-electron chi connectivity index (χ3n) is 2.98. The maximum atomic E-state index is 11.0. The molecular formula is C12H19N5O. The van der Waals surface area contributed by atoms with Gasteiger partial charge in [0.05, 0.1) is 6.54 Å². The van der Waals surface area contributed by atoms with E-state index in [-0.39, 0.29) is 12.5 Å². The van der Waals surface area contributed by atoms with E-state index < -0.39 is 0 Å². The van der Waals surface area contributed by atoms with Crippen LogP contribution in [0.15, 0.2) is 6.07 Å². The van der Waals surface area contributed by atoms with E-state index in [9.17, 15) is 4.79 Å². The molecule has 0 aromatic carbocycles. The molecule has 1 heterocycles. The number of carbonyl (C=O) groups excluding carboxylic acids is 1. The minimum atomic E-state index is -0.352. The van der Waals surface area contributed by atoms with E-state index in [2.05, 4.69) is 15.3 Å². The van der Waals surface area contributed by atoms with Gasteiger partial charge in [0.15, 0.2) is 0 Å². The highest BCUT2D eigenvalue weighted by atomic mass is 16.1. The zero-order valence-corrected chi connectivity index (χ0v) is 10.8. The van der Waals surface area contributed by atoms with Crippen LogP contribution in [-0.2, 0) is 4.79 Å². The van der Waals surface area contributed by atoms with Gasteiger partial charge in [-0.1, -0.05) is 0 Å². The van der Waals surface area contributed by atoms with Gasteiger partial charge < -0.3 is 16.0 Å². The second kappa shape index (κ2) is 5.20. The van der Waals surface area contributed by atoms with Gasteiger partial charge in [-0.25, -0.2) is 9.97 Å². The van der Waals surface area contributed by atoms with Crippen molar-refractivity contribution in [2.24, 2.45) is 5.73 Å². The molecule has 6 nitrogen and oxygen atoms in total. The van der Waals surface area contributed by atoms with Crippen molar-refractivity contribution >= 4 is 17.5 Å². The van der Waals surface area contributed by atoms with Gasteiger partial charge in [0.2, 0.25) is 5.91 Å². The highest BCUT2D eigenvalue weighted by molar-refractivity contribution is 5.79. The van der Waals surface area contributed by atoms with Crippen molar-refractivity contribution in [2.75, 3.05) is 30.4 Å². The number of primary amides is 1. The van der Waals surface area contributed by atoms with Crippen molar-refractivity contribution in [1.82, 2.24) is 9.97 Å². The lowest BCUT2D eigenvalue weighted by Crippen LogP contribution is -2.34. The number of amides is 1. The first-order valence-electron chi connectivity index (χ1n) is 6.24. The normalized spacial score (nSPS) is 14.3. The fraction of sp³-hybridized carbons (Fsp3) is 0.583. The number of anilines is 2. The molecule has 1 amide bonds. The monoisotopic (exact) mass is 249 g/mol. The quantitative estimate of drug-likeness (QED) is 0.775. The molecule has 1 aliphatic rings. The standard InChI is InChI=1S/C12H19N5O/c1-3-17(7-9(13)18)11-6-10(14-2)15-12(16-11)8-4-5-8/h6,8H,3-5,7H2,1-2H3,(H2,13,18)(H,14,15,16). The van der Waals surface area contributed by atoms with Crippen molar-refractivity contribution in [1.29, 1.82) is 0 Å². The van der Waals surface area contributed by atoms with Gasteiger partial charge in [0, 0.05) is 25.6 Å². The van der Waals surface area contributed by atoms with E-state index in [1.54, 1.807) is 0 Å². The molecule has 0 bridgehead atoms. The van der Waals surface area contributed by atoms with Crippen molar-refractivity contribution in [3.63, 3.8) is 0 Å². The second-order valence-corrected chi connectivity index (χ2v) is 4.47. The molecule has 0 saturated heterocycles. The molecule has 0 spiro atoms. The fourth-order valence-electron chi connectivity index (χ4n) is 1.81. The fourth-order valence-corrected chi connectivity index (χ4v) is 1.81. The van der Waals surface area contributed by atoms with E-state index in [0.29, 0.717) is 12.5 Å². The van der Waals surface area contributed by atoms with Crippen molar-refractivity contribution in [3.05, 3.63) is 11.9 Å². The first-order valence-corrected chi connectivity index (χ1v) is 6.24. The Morgan fingerprint density at radius 3 is 2.78 bits per heavy atom. The lowest BCUT2D eigenvalue weighted by Gasteiger charge is -2.21. The van der Waals surface area contributed by atoms with Crippen LogP contribution in [0.4, 0.5) is 11.6 Å². The Kier molecular flexibility index (Phi) is 3.64. The van der Waals surface area contributed by atoms with Crippen molar-refractivity contribution in [3.8, 4) is 0 Å². The molecule has 98 valence electrons. The van der Waals surface area contributed by atoms with Crippen LogP contribution >= 0.6 is 0 Å². The summed E-state index contributed by atoms with van der Waals surface area (Å²) in [5.74, 6) is 2.53. The maximum absolute atomic E-state index is 11.0. The Bertz CT molecular complexity index is 444. The summed E-state index contributed by atoms with van der Waals surface area (Å²) in [4.78, 5) is 21.9.